The van der Waals surface area contributed by atoms with Gasteiger partial charge < -0.3 is 4.74 Å². The number of hydrogen-bond donors (Lipinski definition) is 0. The van der Waals surface area contributed by atoms with Gasteiger partial charge in [-0.05, 0) is 40.2 Å². The molecule has 0 aliphatic carbocycles. The van der Waals surface area contributed by atoms with Gasteiger partial charge in [0.25, 0.3) is 0 Å². The van der Waals surface area contributed by atoms with Crippen molar-refractivity contribution in [1.29, 1.82) is 0 Å². The monoisotopic (exact) mass is 315 g/mol. The summed E-state index contributed by atoms with van der Waals surface area (Å²) in [5, 5.41) is 0.410. The molecule has 0 spiro atoms. The van der Waals surface area contributed by atoms with Crippen molar-refractivity contribution < 1.29 is 9.13 Å². The summed E-state index contributed by atoms with van der Waals surface area (Å²) in [6.45, 7) is 0.252. The maximum atomic E-state index is 13.2. The van der Waals surface area contributed by atoms with E-state index in [1.807, 2.05) is 0 Å². The van der Waals surface area contributed by atoms with Crippen molar-refractivity contribution in [3.05, 3.63) is 57.5 Å². The van der Waals surface area contributed by atoms with Crippen LogP contribution in [0.25, 0.3) is 0 Å². The molecule has 0 radical (unpaired) electrons. The van der Waals surface area contributed by atoms with Gasteiger partial charge in [-0.15, -0.1) is 0 Å². The molecule has 1 heterocycles. The van der Waals surface area contributed by atoms with E-state index < -0.39 is 0 Å². The minimum Gasteiger partial charge on any atom is -0.487 e. The number of hydrogen-bond acceptors (Lipinski definition) is 2. The number of ether oxygens (including phenoxy) is 1. The third kappa shape index (κ3) is 3.41. The predicted octanol–water partition coefficient (Wildman–Crippen LogP) is 4.22. The van der Waals surface area contributed by atoms with E-state index in [0.717, 1.165) is 0 Å². The zero-order valence-corrected chi connectivity index (χ0v) is 11.0. The second-order valence-corrected chi connectivity index (χ2v) is 4.56. The molecule has 0 atom stereocenters. The van der Waals surface area contributed by atoms with Crippen LogP contribution in [0.1, 0.15) is 5.69 Å². The summed E-state index contributed by atoms with van der Waals surface area (Å²) in [4.78, 5) is 4.07. The van der Waals surface area contributed by atoms with Crippen LogP contribution in [0.2, 0.25) is 5.15 Å². The summed E-state index contributed by atoms with van der Waals surface area (Å²) in [6.07, 6.45) is 0. The molecule has 2 nitrogen and oxygen atoms in total. The van der Waals surface area contributed by atoms with Crippen LogP contribution >= 0.6 is 27.5 Å². The smallest absolute Gasteiger partial charge is 0.141 e. The van der Waals surface area contributed by atoms with E-state index in [-0.39, 0.29) is 12.4 Å². The zero-order chi connectivity index (χ0) is 12.3. The Hall–Kier alpha value is -1.13. The second kappa shape index (κ2) is 5.47. The van der Waals surface area contributed by atoms with Crippen LogP contribution in [0.5, 0.6) is 5.75 Å². The van der Waals surface area contributed by atoms with E-state index in [9.17, 15) is 4.39 Å². The summed E-state index contributed by atoms with van der Waals surface area (Å²) in [5.74, 6) is 0.0917. The van der Waals surface area contributed by atoms with Crippen LogP contribution in [0.15, 0.2) is 40.9 Å². The molecular weight excluding hydrogens is 308 g/mol. The number of halogens is 3. The van der Waals surface area contributed by atoms with Crippen molar-refractivity contribution in [2.24, 2.45) is 0 Å². The van der Waals surface area contributed by atoms with E-state index in [2.05, 4.69) is 20.9 Å². The van der Waals surface area contributed by atoms with E-state index in [4.69, 9.17) is 16.3 Å². The molecule has 0 aliphatic heterocycles. The van der Waals surface area contributed by atoms with Gasteiger partial charge in [-0.2, -0.15) is 0 Å². The quantitative estimate of drug-likeness (QED) is 0.791. The fourth-order valence-electron chi connectivity index (χ4n) is 1.25. The second-order valence-electron chi connectivity index (χ2n) is 3.32. The lowest BCUT2D eigenvalue weighted by Crippen LogP contribution is -1.98. The van der Waals surface area contributed by atoms with Crippen LogP contribution in [0.3, 0.4) is 0 Å². The summed E-state index contributed by atoms with van der Waals surface area (Å²) in [5.41, 5.74) is 0.695. The highest BCUT2D eigenvalue weighted by atomic mass is 79.9. The molecule has 0 saturated carbocycles. The highest BCUT2D eigenvalue weighted by molar-refractivity contribution is 9.10. The SMILES string of the molecule is Fc1cc(OCc2cccc(Cl)n2)ccc1Br. The molecule has 88 valence electrons. The third-order valence-corrected chi connectivity index (χ3v) is 2.90. The van der Waals surface area contributed by atoms with Crippen molar-refractivity contribution >= 4 is 27.5 Å². The molecule has 0 aliphatic rings. The molecule has 0 fully saturated rings. The number of nitrogens with zero attached hydrogens (tertiary/aromatic N) is 1. The highest BCUT2D eigenvalue weighted by Crippen LogP contribution is 2.21. The van der Waals surface area contributed by atoms with Gasteiger partial charge in [-0.1, -0.05) is 17.7 Å². The minimum absolute atomic E-state index is 0.252. The lowest BCUT2D eigenvalue weighted by atomic mass is 10.3. The van der Waals surface area contributed by atoms with E-state index in [1.54, 1.807) is 30.3 Å². The van der Waals surface area contributed by atoms with Gasteiger partial charge in [0.05, 0.1) is 10.2 Å². The number of aromatic nitrogens is 1. The van der Waals surface area contributed by atoms with Gasteiger partial charge in [0, 0.05) is 6.07 Å². The lowest BCUT2D eigenvalue weighted by Gasteiger charge is -2.06. The Morgan fingerprint density at radius 1 is 1.29 bits per heavy atom. The average molecular weight is 317 g/mol. The predicted molar refractivity (Wildman–Crippen MR) is 67.7 cm³/mol. The van der Waals surface area contributed by atoms with Crippen LogP contribution in [-0.4, -0.2) is 4.98 Å². The first-order chi connectivity index (χ1) is 8.15. The maximum Gasteiger partial charge on any atom is 0.141 e. The topological polar surface area (TPSA) is 22.1 Å². The summed E-state index contributed by atoms with van der Waals surface area (Å²) in [7, 11) is 0. The Labute approximate surface area is 112 Å². The van der Waals surface area contributed by atoms with Gasteiger partial charge in [0.2, 0.25) is 0 Å². The van der Waals surface area contributed by atoms with Gasteiger partial charge in [-0.3, -0.25) is 0 Å². The Morgan fingerprint density at radius 3 is 2.82 bits per heavy atom. The molecule has 0 bridgehead atoms. The molecule has 17 heavy (non-hydrogen) atoms. The van der Waals surface area contributed by atoms with Crippen LogP contribution in [0, 0.1) is 5.82 Å². The number of benzene rings is 1. The molecule has 0 saturated heterocycles. The average Bonchev–Trinajstić information content (AvgIpc) is 2.31. The highest BCUT2D eigenvalue weighted by Gasteiger charge is 2.02. The van der Waals surface area contributed by atoms with Crippen molar-refractivity contribution in [2.45, 2.75) is 6.61 Å². The minimum atomic E-state index is -0.360. The first-order valence-corrected chi connectivity index (χ1v) is 6.01. The molecule has 0 N–H and O–H groups in total. The fraction of sp³-hybridized carbons (Fsp3) is 0.0833. The van der Waals surface area contributed by atoms with E-state index >= 15 is 0 Å². The van der Waals surface area contributed by atoms with E-state index in [1.165, 1.54) is 6.07 Å². The molecule has 0 unspecified atom stereocenters. The van der Waals surface area contributed by atoms with Gasteiger partial charge >= 0.3 is 0 Å². The lowest BCUT2D eigenvalue weighted by molar-refractivity contribution is 0.299. The summed E-state index contributed by atoms with van der Waals surface area (Å²) in [6, 6.07) is 9.85. The molecule has 5 heteroatoms. The van der Waals surface area contributed by atoms with Crippen molar-refractivity contribution in [3.8, 4) is 5.75 Å². The summed E-state index contributed by atoms with van der Waals surface area (Å²) < 4.78 is 19.0. The van der Waals surface area contributed by atoms with Crippen LogP contribution < -0.4 is 4.74 Å². The normalized spacial score (nSPS) is 10.3. The van der Waals surface area contributed by atoms with Gasteiger partial charge in [-0.25, -0.2) is 9.37 Å². The van der Waals surface area contributed by atoms with Crippen molar-refractivity contribution in [1.82, 2.24) is 4.98 Å². The molecule has 0 amide bonds. The van der Waals surface area contributed by atoms with Crippen LogP contribution in [0.4, 0.5) is 4.39 Å². The first-order valence-electron chi connectivity index (χ1n) is 4.84. The first kappa shape index (κ1) is 12.3. The zero-order valence-electron chi connectivity index (χ0n) is 8.66. The molecular formula is C12H8BrClFNO. The van der Waals surface area contributed by atoms with Crippen LogP contribution in [-0.2, 0) is 6.61 Å². The Kier molecular flexibility index (Phi) is 3.97. The standard InChI is InChI=1S/C12H8BrClFNO/c13-10-5-4-9(6-11(10)15)17-7-8-2-1-3-12(14)16-8/h1-6H,7H2. The number of pyridine rings is 1. The fourth-order valence-corrected chi connectivity index (χ4v) is 1.68. The Bertz CT molecular complexity index is 536. The number of rotatable bonds is 3. The van der Waals surface area contributed by atoms with Gasteiger partial charge in [0.1, 0.15) is 23.3 Å². The van der Waals surface area contributed by atoms with Gasteiger partial charge in [0.15, 0.2) is 0 Å². The largest absolute Gasteiger partial charge is 0.487 e. The van der Waals surface area contributed by atoms with Crippen molar-refractivity contribution in [3.63, 3.8) is 0 Å². The molecule has 2 rings (SSSR count). The van der Waals surface area contributed by atoms with Crippen molar-refractivity contribution in [2.75, 3.05) is 0 Å². The molecule has 1 aromatic carbocycles. The Morgan fingerprint density at radius 2 is 2.12 bits per heavy atom. The summed E-state index contributed by atoms with van der Waals surface area (Å²) >= 11 is 8.81. The molecule has 2 aromatic rings. The molecule has 1 aromatic heterocycles. The third-order valence-electron chi connectivity index (χ3n) is 2.05. The Balaban J connectivity index is 2.05. The van der Waals surface area contributed by atoms with E-state index in [0.29, 0.717) is 21.1 Å². The maximum absolute atomic E-state index is 13.2.